The van der Waals surface area contributed by atoms with Crippen LogP contribution in [0.1, 0.15) is 18.9 Å². The van der Waals surface area contributed by atoms with Gasteiger partial charge < -0.3 is 4.74 Å². The van der Waals surface area contributed by atoms with E-state index >= 15 is 0 Å². The molecule has 1 atom stereocenters. The highest BCUT2D eigenvalue weighted by molar-refractivity contribution is 9.11. The number of fused-ring (bicyclic) bond motifs is 1. The summed E-state index contributed by atoms with van der Waals surface area (Å²) in [5, 5.41) is 0.800. The molecule has 33 heavy (non-hydrogen) atoms. The van der Waals surface area contributed by atoms with Crippen LogP contribution in [0.4, 0.5) is 0 Å². The minimum Gasteiger partial charge on any atom is -0.379 e. The molecule has 0 spiro atoms. The second kappa shape index (κ2) is 8.83. The second-order valence-electron chi connectivity index (χ2n) is 8.74. The molecule has 0 radical (unpaired) electrons. The predicted molar refractivity (Wildman–Crippen MR) is 135 cm³/mol. The number of benzene rings is 1. The van der Waals surface area contributed by atoms with Crippen molar-refractivity contribution in [1.82, 2.24) is 13.9 Å². The summed E-state index contributed by atoms with van der Waals surface area (Å²) < 4.78 is 34.7. The van der Waals surface area contributed by atoms with E-state index in [4.69, 9.17) is 4.74 Å². The van der Waals surface area contributed by atoms with E-state index in [0.717, 1.165) is 48.3 Å². The summed E-state index contributed by atoms with van der Waals surface area (Å²) in [6.45, 7) is 6.01. The van der Waals surface area contributed by atoms with E-state index in [1.165, 1.54) is 9.54 Å². The molecule has 0 saturated carbocycles. The van der Waals surface area contributed by atoms with Gasteiger partial charge in [0, 0.05) is 35.7 Å². The molecule has 8 heteroatoms. The maximum Gasteiger partial charge on any atom is 0.250 e. The van der Waals surface area contributed by atoms with Crippen molar-refractivity contribution in [3.05, 3.63) is 76.9 Å². The van der Waals surface area contributed by atoms with Crippen molar-refractivity contribution in [2.45, 2.75) is 24.6 Å². The Morgan fingerprint density at radius 2 is 1.91 bits per heavy atom. The lowest BCUT2D eigenvalue weighted by molar-refractivity contribution is 0.0342. The Morgan fingerprint density at radius 1 is 1.15 bits per heavy atom. The van der Waals surface area contributed by atoms with Gasteiger partial charge in [0.25, 0.3) is 0 Å². The van der Waals surface area contributed by atoms with Gasteiger partial charge in [0.1, 0.15) is 4.75 Å². The fourth-order valence-electron chi connectivity index (χ4n) is 4.35. The molecule has 5 rings (SSSR count). The maximum absolute atomic E-state index is 14.0. The van der Waals surface area contributed by atoms with Crippen molar-refractivity contribution in [2.75, 3.05) is 26.3 Å². The molecule has 1 fully saturated rings. The molecule has 2 aliphatic rings. The number of aromatic nitrogens is 2. The molecular weight excluding hydrogens is 502 g/mol. The van der Waals surface area contributed by atoms with Crippen molar-refractivity contribution in [3.8, 4) is 11.3 Å². The van der Waals surface area contributed by atoms with Gasteiger partial charge in [-0.15, -0.1) is 0 Å². The van der Waals surface area contributed by atoms with Crippen LogP contribution in [0.5, 0.6) is 0 Å². The first kappa shape index (κ1) is 22.5. The van der Waals surface area contributed by atoms with E-state index < -0.39 is 14.8 Å². The summed E-state index contributed by atoms with van der Waals surface area (Å²) in [7, 11) is -3.80. The average Bonchev–Trinajstić information content (AvgIpc) is 3.22. The molecule has 3 aromatic rings. The Bertz CT molecular complexity index is 1340. The molecule has 1 saturated heterocycles. The highest BCUT2D eigenvalue weighted by Crippen LogP contribution is 2.37. The van der Waals surface area contributed by atoms with Crippen molar-refractivity contribution < 1.29 is 13.2 Å². The molecule has 1 aliphatic heterocycles. The quantitative estimate of drug-likeness (QED) is 0.480. The zero-order valence-corrected chi connectivity index (χ0v) is 20.8. The Kier molecular flexibility index (Phi) is 6.03. The molecule has 0 N–H and O–H groups in total. The Balaban J connectivity index is 1.56. The smallest absolute Gasteiger partial charge is 0.250 e. The molecule has 0 amide bonds. The number of hydrogen-bond donors (Lipinski definition) is 0. The number of pyridine rings is 1. The third kappa shape index (κ3) is 4.21. The molecule has 1 aliphatic carbocycles. The van der Waals surface area contributed by atoms with Gasteiger partial charge in [0.15, 0.2) is 5.65 Å². The summed E-state index contributed by atoms with van der Waals surface area (Å²) in [5.41, 5.74) is 3.13. The van der Waals surface area contributed by atoms with Crippen LogP contribution >= 0.6 is 15.9 Å². The van der Waals surface area contributed by atoms with E-state index in [9.17, 15) is 8.42 Å². The minimum atomic E-state index is -3.80. The molecule has 0 bridgehead atoms. The number of hydrogen-bond acceptors (Lipinski definition) is 5. The maximum atomic E-state index is 14.0. The highest BCUT2D eigenvalue weighted by Gasteiger charge is 2.41. The van der Waals surface area contributed by atoms with Crippen LogP contribution < -0.4 is 0 Å². The lowest BCUT2D eigenvalue weighted by Gasteiger charge is -2.29. The first-order valence-electron chi connectivity index (χ1n) is 11.0. The number of morpholine rings is 1. The van der Waals surface area contributed by atoms with Crippen LogP contribution in [0.25, 0.3) is 22.3 Å². The normalized spacial score (nSPS) is 21.9. The van der Waals surface area contributed by atoms with Gasteiger partial charge in [0.05, 0.1) is 18.9 Å². The second-order valence-corrected chi connectivity index (χ2v) is 11.9. The van der Waals surface area contributed by atoms with Crippen molar-refractivity contribution >= 4 is 37.0 Å². The monoisotopic (exact) mass is 527 g/mol. The van der Waals surface area contributed by atoms with Gasteiger partial charge in [-0.1, -0.05) is 58.4 Å². The number of rotatable bonds is 5. The van der Waals surface area contributed by atoms with Crippen LogP contribution in [0.2, 0.25) is 0 Å². The highest BCUT2D eigenvalue weighted by atomic mass is 79.9. The Hall–Kier alpha value is -2.26. The number of ether oxygens (including phenoxy) is 1. The van der Waals surface area contributed by atoms with Gasteiger partial charge in [-0.3, -0.25) is 4.90 Å². The number of halogens is 1. The molecule has 1 unspecified atom stereocenters. The SMILES string of the molecule is CC1(S(=O)(=O)n2c(-c3ccc(CN4CCOCC4)cc3)cc3cccnc32)C=CC(Br)=CC1. The Morgan fingerprint density at radius 3 is 2.61 bits per heavy atom. The molecule has 1 aromatic carbocycles. The van der Waals surface area contributed by atoms with E-state index in [1.807, 2.05) is 36.4 Å². The first-order valence-corrected chi connectivity index (χ1v) is 13.3. The fraction of sp³-hybridized carbons (Fsp3) is 0.320. The zero-order valence-electron chi connectivity index (χ0n) is 18.4. The van der Waals surface area contributed by atoms with Gasteiger partial charge in [-0.05, 0) is 42.7 Å². The van der Waals surface area contributed by atoms with Crippen molar-refractivity contribution in [2.24, 2.45) is 0 Å². The van der Waals surface area contributed by atoms with Gasteiger partial charge >= 0.3 is 0 Å². The van der Waals surface area contributed by atoms with Gasteiger partial charge in [0.2, 0.25) is 10.0 Å². The summed E-state index contributed by atoms with van der Waals surface area (Å²) in [6, 6.07) is 13.8. The van der Waals surface area contributed by atoms with Crippen molar-refractivity contribution in [1.29, 1.82) is 0 Å². The summed E-state index contributed by atoms with van der Waals surface area (Å²) in [5.74, 6) is 0. The first-order chi connectivity index (χ1) is 15.9. The van der Waals surface area contributed by atoms with E-state index in [0.29, 0.717) is 17.8 Å². The fourth-order valence-corrected chi connectivity index (χ4v) is 6.39. The zero-order chi connectivity index (χ0) is 23.1. The Labute approximate surface area is 202 Å². The number of allylic oxidation sites excluding steroid dienone is 3. The van der Waals surface area contributed by atoms with Gasteiger partial charge in [-0.25, -0.2) is 17.4 Å². The van der Waals surface area contributed by atoms with Crippen molar-refractivity contribution in [3.63, 3.8) is 0 Å². The van der Waals surface area contributed by atoms with E-state index in [-0.39, 0.29) is 0 Å². The molecule has 6 nitrogen and oxygen atoms in total. The number of nitrogens with zero attached hydrogens (tertiary/aromatic N) is 3. The lowest BCUT2D eigenvalue weighted by atomic mass is 10.0. The third-order valence-corrected chi connectivity index (χ3v) is 9.33. The minimum absolute atomic E-state index is 0.386. The molecule has 172 valence electrons. The summed E-state index contributed by atoms with van der Waals surface area (Å²) in [6.07, 6.45) is 7.49. The van der Waals surface area contributed by atoms with Gasteiger partial charge in [-0.2, -0.15) is 0 Å². The molecule has 2 aromatic heterocycles. The predicted octanol–water partition coefficient (Wildman–Crippen LogP) is 4.71. The van der Waals surface area contributed by atoms with E-state index in [2.05, 4.69) is 37.9 Å². The van der Waals surface area contributed by atoms with Crippen LogP contribution in [-0.2, 0) is 21.3 Å². The van der Waals surface area contributed by atoms with Crippen LogP contribution in [0.15, 0.2) is 71.4 Å². The van der Waals surface area contributed by atoms with Crippen LogP contribution in [-0.4, -0.2) is 53.3 Å². The lowest BCUT2D eigenvalue weighted by Crippen LogP contribution is -2.38. The standard InChI is InChI=1S/C25H26BrN3O3S/c1-25(10-8-22(26)9-11-25)33(30,31)29-23(17-21-3-2-12-27-24(21)29)20-6-4-19(5-7-20)18-28-13-15-32-16-14-28/h2-10,12,17H,11,13-16,18H2,1H3. The summed E-state index contributed by atoms with van der Waals surface area (Å²) in [4.78, 5) is 6.81. The summed E-state index contributed by atoms with van der Waals surface area (Å²) >= 11 is 3.44. The largest absolute Gasteiger partial charge is 0.379 e. The average molecular weight is 528 g/mol. The topological polar surface area (TPSA) is 64.4 Å². The third-order valence-electron chi connectivity index (χ3n) is 6.41. The van der Waals surface area contributed by atoms with Crippen LogP contribution in [0, 0.1) is 0 Å². The molecular formula is C25H26BrN3O3S. The molecule has 3 heterocycles. The van der Waals surface area contributed by atoms with E-state index in [1.54, 1.807) is 25.3 Å². The van der Waals surface area contributed by atoms with Crippen LogP contribution in [0.3, 0.4) is 0 Å².